The number of unbranched alkanes of at least 4 members (excludes halogenated alkanes) is 7. The van der Waals surface area contributed by atoms with Gasteiger partial charge in [0.2, 0.25) is 5.91 Å². The number of nitrogens with two attached hydrogens (primary N) is 1. The fraction of sp³-hybridized carbons (Fsp3) is 0.902. The molecule has 0 aliphatic heterocycles. The second-order valence-electron chi connectivity index (χ2n) is 17.1. The number of nitrogens with one attached hydrogen (secondary N) is 1. The van der Waals surface area contributed by atoms with Crippen molar-refractivity contribution in [3.05, 3.63) is 11.6 Å². The normalized spacial score (nSPS) is 31.2. The van der Waals surface area contributed by atoms with Crippen LogP contribution >= 0.6 is 34.0 Å². The van der Waals surface area contributed by atoms with Gasteiger partial charge >= 0.3 is 5.97 Å². The third kappa shape index (κ3) is 12.1. The summed E-state index contributed by atoms with van der Waals surface area (Å²) in [4.78, 5) is 25.0. The van der Waals surface area contributed by atoms with Gasteiger partial charge in [-0.15, -0.1) is 12.4 Å². The van der Waals surface area contributed by atoms with E-state index >= 15 is 0 Å². The van der Waals surface area contributed by atoms with E-state index in [0.717, 1.165) is 80.7 Å². The Kier molecular flexibility index (Phi) is 18.8. The molecular weight excluding hydrogens is 668 g/mol. The van der Waals surface area contributed by atoms with Crippen LogP contribution in [0.3, 0.4) is 0 Å². The van der Waals surface area contributed by atoms with Gasteiger partial charge in [0, 0.05) is 13.0 Å². The first-order chi connectivity index (χ1) is 23.1. The Bertz CT molecular complexity index is 1040. The van der Waals surface area contributed by atoms with Crippen molar-refractivity contribution in [1.82, 2.24) is 5.32 Å². The molecule has 1 amide bonds. The second-order valence-corrected chi connectivity index (χ2v) is 19.6. The Morgan fingerprint density at radius 3 is 2.29 bits per heavy atom. The van der Waals surface area contributed by atoms with Gasteiger partial charge in [0.1, 0.15) is 11.9 Å². The highest BCUT2D eigenvalue weighted by molar-refractivity contribution is 8.77. The van der Waals surface area contributed by atoms with Gasteiger partial charge in [0.25, 0.3) is 0 Å². The van der Waals surface area contributed by atoms with Crippen LogP contribution in [0.15, 0.2) is 11.6 Å². The van der Waals surface area contributed by atoms with Crippen molar-refractivity contribution in [2.45, 2.75) is 163 Å². The fourth-order valence-electron chi connectivity index (χ4n) is 10.8. The molecule has 1 unspecified atom stereocenters. The van der Waals surface area contributed by atoms with E-state index in [-0.39, 0.29) is 35.8 Å². The van der Waals surface area contributed by atoms with Crippen LogP contribution in [0.2, 0.25) is 0 Å². The van der Waals surface area contributed by atoms with Gasteiger partial charge in [0.15, 0.2) is 0 Å². The number of ether oxygens (including phenoxy) is 1. The summed E-state index contributed by atoms with van der Waals surface area (Å²) in [6.07, 6.45) is 26.4. The third-order valence-corrected chi connectivity index (χ3v) is 15.6. The molecule has 0 aromatic rings. The molecular formula is C41H73ClN2O3S2. The van der Waals surface area contributed by atoms with E-state index in [4.69, 9.17) is 10.5 Å². The van der Waals surface area contributed by atoms with Crippen LogP contribution in [-0.2, 0) is 14.3 Å². The number of amides is 1. The summed E-state index contributed by atoms with van der Waals surface area (Å²) >= 11 is 0. The molecule has 0 radical (unpaired) electrons. The van der Waals surface area contributed by atoms with E-state index in [1.54, 1.807) is 5.57 Å². The summed E-state index contributed by atoms with van der Waals surface area (Å²) in [6, 6.07) is 0. The SMILES string of the molecule is CC(C)CCCC(C)[C@H]1CC[C@H]2[C@@H]3CC=C4C[C@@H](OC(=O)CSSCC(=O)NCCCCCCCCCCN)CC[C@]4(C)[C@H]3CC[C@]12C.Cl. The minimum absolute atomic E-state index is 0. The molecule has 0 spiro atoms. The number of carbonyl (C=O) groups is 2. The minimum atomic E-state index is -0.133. The Hall–Kier alpha value is -0.370. The van der Waals surface area contributed by atoms with Crippen LogP contribution in [0.4, 0.5) is 0 Å². The van der Waals surface area contributed by atoms with Crippen molar-refractivity contribution >= 4 is 45.9 Å². The second kappa shape index (κ2) is 21.4. The summed E-state index contributed by atoms with van der Waals surface area (Å²) in [5.41, 5.74) is 7.92. The summed E-state index contributed by atoms with van der Waals surface area (Å²) in [5, 5.41) is 3.03. The van der Waals surface area contributed by atoms with Crippen LogP contribution in [0.1, 0.15) is 157 Å². The molecule has 4 aliphatic carbocycles. The minimum Gasteiger partial charge on any atom is -0.461 e. The van der Waals surface area contributed by atoms with Crippen LogP contribution in [-0.4, -0.2) is 42.6 Å². The predicted octanol–water partition coefficient (Wildman–Crippen LogP) is 10.9. The summed E-state index contributed by atoms with van der Waals surface area (Å²) in [6.45, 7) is 14.1. The molecule has 49 heavy (non-hydrogen) atoms. The molecule has 4 aliphatic rings. The van der Waals surface area contributed by atoms with E-state index in [0.29, 0.717) is 16.9 Å². The molecule has 3 saturated carbocycles. The zero-order chi connectivity index (χ0) is 34.6. The molecule has 0 heterocycles. The maximum atomic E-state index is 12.8. The molecule has 8 atom stereocenters. The van der Waals surface area contributed by atoms with Crippen LogP contribution in [0, 0.1) is 46.3 Å². The van der Waals surface area contributed by atoms with Gasteiger partial charge < -0.3 is 15.8 Å². The number of rotatable bonds is 21. The van der Waals surface area contributed by atoms with E-state index in [1.807, 2.05) is 0 Å². The number of hydrogen-bond acceptors (Lipinski definition) is 6. The maximum absolute atomic E-state index is 12.8. The Morgan fingerprint density at radius 2 is 1.57 bits per heavy atom. The first kappa shape index (κ1) is 43.0. The molecule has 3 fully saturated rings. The zero-order valence-corrected chi connectivity index (χ0v) is 34.4. The summed E-state index contributed by atoms with van der Waals surface area (Å²) in [7, 11) is 2.91. The molecule has 3 N–H and O–H groups in total. The van der Waals surface area contributed by atoms with Crippen LogP contribution in [0.25, 0.3) is 0 Å². The van der Waals surface area contributed by atoms with E-state index in [1.165, 1.54) is 111 Å². The predicted molar refractivity (Wildman–Crippen MR) is 214 cm³/mol. The van der Waals surface area contributed by atoms with Crippen molar-refractivity contribution in [1.29, 1.82) is 0 Å². The number of fused-ring (bicyclic) bond motifs is 5. The smallest absolute Gasteiger partial charge is 0.317 e. The number of carbonyl (C=O) groups excluding carboxylic acids is 2. The first-order valence-corrected chi connectivity index (χ1v) is 22.7. The van der Waals surface area contributed by atoms with Crippen LogP contribution in [0.5, 0.6) is 0 Å². The quantitative estimate of drug-likeness (QED) is 0.0528. The molecule has 0 aromatic heterocycles. The van der Waals surface area contributed by atoms with Gasteiger partial charge in [-0.3, -0.25) is 9.59 Å². The first-order valence-electron chi connectivity index (χ1n) is 20.2. The summed E-state index contributed by atoms with van der Waals surface area (Å²) in [5.74, 6) is 5.68. The third-order valence-electron chi connectivity index (χ3n) is 13.5. The summed E-state index contributed by atoms with van der Waals surface area (Å²) < 4.78 is 6.02. The standard InChI is InChI=1S/C41H72N2O3S2.ClH/c1-30(2)15-14-16-31(3)35-19-20-36-34-18-17-32-27-33(21-23-40(32,4)37(34)22-24-41(35,36)5)46-39(45)29-48-47-28-38(44)43-26-13-11-9-7-6-8-10-12-25-42;/h17,30-31,33-37H,6-16,18-29,42H2,1-5H3,(H,43,44);1H/t31?,33-,34-,35+,36-,37-,40-,41+;/m0./s1. The molecule has 4 rings (SSSR count). The van der Waals surface area contributed by atoms with Gasteiger partial charge in [-0.2, -0.15) is 0 Å². The molecule has 284 valence electrons. The highest BCUT2D eigenvalue weighted by Gasteiger charge is 2.59. The lowest BCUT2D eigenvalue weighted by Crippen LogP contribution is -2.51. The van der Waals surface area contributed by atoms with E-state index < -0.39 is 0 Å². The number of esters is 1. The van der Waals surface area contributed by atoms with Gasteiger partial charge in [0.05, 0.1) is 5.75 Å². The fourth-order valence-corrected chi connectivity index (χ4v) is 12.4. The molecule has 5 nitrogen and oxygen atoms in total. The lowest BCUT2D eigenvalue weighted by molar-refractivity contribution is -0.148. The van der Waals surface area contributed by atoms with Crippen molar-refractivity contribution in [3.63, 3.8) is 0 Å². The zero-order valence-electron chi connectivity index (χ0n) is 31.9. The highest BCUT2D eigenvalue weighted by atomic mass is 35.5. The molecule has 0 bridgehead atoms. The number of hydrogen-bond donors (Lipinski definition) is 2. The largest absolute Gasteiger partial charge is 0.461 e. The Labute approximate surface area is 315 Å². The van der Waals surface area contributed by atoms with Gasteiger partial charge in [-0.05, 0) is 111 Å². The number of halogens is 1. The van der Waals surface area contributed by atoms with E-state index in [2.05, 4.69) is 46.0 Å². The van der Waals surface area contributed by atoms with Crippen molar-refractivity contribution in [2.75, 3.05) is 24.6 Å². The van der Waals surface area contributed by atoms with Crippen LogP contribution < -0.4 is 11.1 Å². The van der Waals surface area contributed by atoms with Crippen molar-refractivity contribution in [3.8, 4) is 0 Å². The van der Waals surface area contributed by atoms with Crippen molar-refractivity contribution < 1.29 is 14.3 Å². The topological polar surface area (TPSA) is 81.4 Å². The lowest BCUT2D eigenvalue weighted by Gasteiger charge is -2.58. The van der Waals surface area contributed by atoms with Gasteiger partial charge in [-0.1, -0.05) is 126 Å². The molecule has 0 saturated heterocycles. The Morgan fingerprint density at radius 1 is 0.878 bits per heavy atom. The average Bonchev–Trinajstić information content (AvgIpc) is 3.41. The maximum Gasteiger partial charge on any atom is 0.317 e. The molecule has 0 aromatic carbocycles. The monoisotopic (exact) mass is 740 g/mol. The van der Waals surface area contributed by atoms with Crippen molar-refractivity contribution in [2.24, 2.45) is 52.1 Å². The van der Waals surface area contributed by atoms with Gasteiger partial charge in [-0.25, -0.2) is 0 Å². The average molecular weight is 742 g/mol. The van der Waals surface area contributed by atoms with E-state index in [9.17, 15) is 9.59 Å². The Balaban J connectivity index is 0.00000650. The number of allylic oxidation sites excluding steroid dienone is 1. The highest BCUT2D eigenvalue weighted by Crippen LogP contribution is 2.67. The molecule has 8 heteroatoms. The lowest BCUT2D eigenvalue weighted by atomic mass is 9.47.